The van der Waals surface area contributed by atoms with Gasteiger partial charge in [0.1, 0.15) is 11.9 Å². The molecule has 0 aliphatic heterocycles. The van der Waals surface area contributed by atoms with E-state index in [1.807, 2.05) is 38.1 Å². The summed E-state index contributed by atoms with van der Waals surface area (Å²) in [4.78, 5) is 16.6. The number of nitrogens with one attached hydrogen (secondary N) is 1. The van der Waals surface area contributed by atoms with Gasteiger partial charge in [-0.3, -0.25) is 9.78 Å². The number of rotatable bonds is 6. The number of anilines is 1. The Morgan fingerprint density at radius 1 is 1.33 bits per heavy atom. The fourth-order valence-corrected chi connectivity index (χ4v) is 3.67. The molecule has 1 aliphatic rings. The lowest BCUT2D eigenvalue weighted by Crippen LogP contribution is -2.44. The fourth-order valence-electron chi connectivity index (χ4n) is 3.67. The van der Waals surface area contributed by atoms with Crippen LogP contribution in [0.5, 0.6) is 5.75 Å². The van der Waals surface area contributed by atoms with Crippen LogP contribution in [-0.4, -0.2) is 35.7 Å². The Hall–Kier alpha value is -2.34. The first-order valence-electron chi connectivity index (χ1n) is 9.72. The lowest BCUT2D eigenvalue weighted by molar-refractivity contribution is -0.132. The Labute approximate surface area is 160 Å². The minimum Gasteiger partial charge on any atom is -0.490 e. The van der Waals surface area contributed by atoms with Crippen molar-refractivity contribution in [3.8, 4) is 5.75 Å². The predicted octanol–water partition coefficient (Wildman–Crippen LogP) is 3.36. The van der Waals surface area contributed by atoms with Gasteiger partial charge in [-0.15, -0.1) is 0 Å². The quantitative estimate of drug-likeness (QED) is 0.813. The summed E-state index contributed by atoms with van der Waals surface area (Å²) < 4.78 is 11.6. The van der Waals surface area contributed by atoms with Crippen molar-refractivity contribution in [3.05, 3.63) is 30.0 Å². The molecule has 1 saturated carbocycles. The van der Waals surface area contributed by atoms with Gasteiger partial charge in [-0.1, -0.05) is 6.07 Å². The average Bonchev–Trinajstić information content (AvgIpc) is 2.63. The molecule has 1 aromatic heterocycles. The SMILES string of the molecule is CCOC(C)C(=O)N[C@H]1CC[C@H](Oc2cccc3nc(C)cc(N)c23)CC1. The first-order chi connectivity index (χ1) is 13.0. The number of amides is 1. The molecule has 0 bridgehead atoms. The van der Waals surface area contributed by atoms with Crippen LogP contribution in [0.3, 0.4) is 0 Å². The van der Waals surface area contributed by atoms with Crippen molar-refractivity contribution in [2.45, 2.75) is 64.7 Å². The molecule has 1 aliphatic carbocycles. The first kappa shape index (κ1) is 19.4. The number of hydrogen-bond donors (Lipinski definition) is 2. The zero-order valence-corrected chi connectivity index (χ0v) is 16.3. The van der Waals surface area contributed by atoms with E-state index in [1.54, 1.807) is 6.92 Å². The maximum atomic E-state index is 12.1. The number of nitrogens with zero attached hydrogens (tertiary/aromatic N) is 1. The molecule has 1 aromatic carbocycles. The summed E-state index contributed by atoms with van der Waals surface area (Å²) in [6.07, 6.45) is 3.29. The number of carbonyl (C=O) groups is 1. The van der Waals surface area contributed by atoms with E-state index >= 15 is 0 Å². The highest BCUT2D eigenvalue weighted by molar-refractivity contribution is 5.95. The number of nitrogen functional groups attached to an aromatic ring is 1. The summed E-state index contributed by atoms with van der Waals surface area (Å²) in [6.45, 7) is 6.15. The molecule has 27 heavy (non-hydrogen) atoms. The number of benzene rings is 1. The van der Waals surface area contributed by atoms with Crippen LogP contribution in [0, 0.1) is 6.92 Å². The average molecular weight is 371 g/mol. The second kappa shape index (κ2) is 8.57. The topological polar surface area (TPSA) is 86.5 Å². The summed E-state index contributed by atoms with van der Waals surface area (Å²) in [5.41, 5.74) is 8.66. The van der Waals surface area contributed by atoms with E-state index in [4.69, 9.17) is 15.2 Å². The van der Waals surface area contributed by atoms with Gasteiger partial charge in [0.05, 0.1) is 17.0 Å². The van der Waals surface area contributed by atoms with Crippen LogP contribution in [0.1, 0.15) is 45.2 Å². The van der Waals surface area contributed by atoms with Crippen molar-refractivity contribution in [1.82, 2.24) is 10.3 Å². The number of aryl methyl sites for hydroxylation is 1. The van der Waals surface area contributed by atoms with Crippen molar-refractivity contribution < 1.29 is 14.3 Å². The van der Waals surface area contributed by atoms with Gasteiger partial charge in [-0.2, -0.15) is 0 Å². The first-order valence-corrected chi connectivity index (χ1v) is 9.72. The van der Waals surface area contributed by atoms with Crippen molar-refractivity contribution >= 4 is 22.5 Å². The predicted molar refractivity (Wildman–Crippen MR) is 107 cm³/mol. The summed E-state index contributed by atoms with van der Waals surface area (Å²) in [6, 6.07) is 7.92. The van der Waals surface area contributed by atoms with Gasteiger partial charge >= 0.3 is 0 Å². The smallest absolute Gasteiger partial charge is 0.249 e. The molecule has 146 valence electrons. The number of fused-ring (bicyclic) bond motifs is 1. The molecule has 0 saturated heterocycles. The largest absolute Gasteiger partial charge is 0.490 e. The molecule has 1 fully saturated rings. The third kappa shape index (κ3) is 4.69. The van der Waals surface area contributed by atoms with E-state index in [0.717, 1.165) is 48.0 Å². The third-order valence-electron chi connectivity index (χ3n) is 5.05. The van der Waals surface area contributed by atoms with Crippen LogP contribution in [0.15, 0.2) is 24.3 Å². The van der Waals surface area contributed by atoms with Gasteiger partial charge in [-0.05, 0) is 64.7 Å². The molecule has 6 heteroatoms. The van der Waals surface area contributed by atoms with Crippen molar-refractivity contribution in [2.75, 3.05) is 12.3 Å². The van der Waals surface area contributed by atoms with E-state index < -0.39 is 6.10 Å². The maximum absolute atomic E-state index is 12.1. The van der Waals surface area contributed by atoms with Crippen LogP contribution in [0.25, 0.3) is 10.9 Å². The lowest BCUT2D eigenvalue weighted by atomic mass is 9.92. The minimum absolute atomic E-state index is 0.0375. The number of pyridine rings is 1. The summed E-state index contributed by atoms with van der Waals surface area (Å²) in [5, 5.41) is 3.96. The standard InChI is InChI=1S/C21H29N3O3/c1-4-26-14(3)21(25)24-15-8-10-16(11-9-15)27-19-7-5-6-18-20(19)17(22)12-13(2)23-18/h5-7,12,14-16H,4,8-11H2,1-3H3,(H2,22,23)(H,24,25)/t14?,15-,16-. The number of ether oxygens (including phenoxy) is 2. The Balaban J connectivity index is 1.60. The number of hydrogen-bond acceptors (Lipinski definition) is 5. The normalized spacial score (nSPS) is 21.0. The zero-order valence-electron chi connectivity index (χ0n) is 16.3. The highest BCUT2D eigenvalue weighted by Gasteiger charge is 2.25. The minimum atomic E-state index is -0.404. The second-order valence-electron chi connectivity index (χ2n) is 7.20. The van der Waals surface area contributed by atoms with Gasteiger partial charge in [0.15, 0.2) is 0 Å². The van der Waals surface area contributed by atoms with Crippen LogP contribution in [-0.2, 0) is 9.53 Å². The van der Waals surface area contributed by atoms with Crippen molar-refractivity contribution in [3.63, 3.8) is 0 Å². The fraction of sp³-hybridized carbons (Fsp3) is 0.524. The van der Waals surface area contributed by atoms with E-state index in [0.29, 0.717) is 12.3 Å². The highest BCUT2D eigenvalue weighted by Crippen LogP contribution is 2.33. The lowest BCUT2D eigenvalue weighted by Gasteiger charge is -2.30. The molecule has 3 N–H and O–H groups in total. The molecule has 0 spiro atoms. The van der Waals surface area contributed by atoms with Crippen LogP contribution >= 0.6 is 0 Å². The third-order valence-corrected chi connectivity index (χ3v) is 5.05. The van der Waals surface area contributed by atoms with Crippen molar-refractivity contribution in [1.29, 1.82) is 0 Å². The maximum Gasteiger partial charge on any atom is 0.249 e. The molecule has 0 radical (unpaired) electrons. The number of aromatic nitrogens is 1. The Kier molecular flexibility index (Phi) is 6.16. The van der Waals surface area contributed by atoms with Crippen LogP contribution in [0.4, 0.5) is 5.69 Å². The number of carbonyl (C=O) groups excluding carboxylic acids is 1. The van der Waals surface area contributed by atoms with E-state index in [2.05, 4.69) is 10.3 Å². The Bertz CT molecular complexity index is 801. The Morgan fingerprint density at radius 3 is 2.78 bits per heavy atom. The monoisotopic (exact) mass is 371 g/mol. The van der Waals surface area contributed by atoms with Gasteiger partial charge in [0.2, 0.25) is 5.91 Å². The van der Waals surface area contributed by atoms with Gasteiger partial charge in [-0.25, -0.2) is 0 Å². The van der Waals surface area contributed by atoms with E-state index in [1.165, 1.54) is 0 Å². The molecule has 6 nitrogen and oxygen atoms in total. The van der Waals surface area contributed by atoms with Crippen molar-refractivity contribution in [2.24, 2.45) is 0 Å². The van der Waals surface area contributed by atoms with E-state index in [9.17, 15) is 4.79 Å². The molecule has 1 atom stereocenters. The molecular weight excluding hydrogens is 342 g/mol. The summed E-state index contributed by atoms with van der Waals surface area (Å²) in [7, 11) is 0. The molecule has 1 unspecified atom stereocenters. The van der Waals surface area contributed by atoms with Gasteiger partial charge in [0, 0.05) is 24.0 Å². The van der Waals surface area contributed by atoms with Gasteiger partial charge in [0.25, 0.3) is 0 Å². The Morgan fingerprint density at radius 2 is 2.07 bits per heavy atom. The van der Waals surface area contributed by atoms with Gasteiger partial charge < -0.3 is 20.5 Å². The molecule has 3 rings (SSSR count). The van der Waals surface area contributed by atoms with Crippen LogP contribution in [0.2, 0.25) is 0 Å². The highest BCUT2D eigenvalue weighted by atomic mass is 16.5. The summed E-state index contributed by atoms with van der Waals surface area (Å²) in [5.74, 6) is 0.749. The molecule has 1 amide bonds. The molecular formula is C21H29N3O3. The zero-order chi connectivity index (χ0) is 19.4. The summed E-state index contributed by atoms with van der Waals surface area (Å²) >= 11 is 0. The molecule has 2 aromatic rings. The number of nitrogens with two attached hydrogens (primary N) is 1. The second-order valence-corrected chi connectivity index (χ2v) is 7.20. The van der Waals surface area contributed by atoms with E-state index in [-0.39, 0.29) is 18.1 Å². The molecule has 1 heterocycles. The van der Waals surface area contributed by atoms with Crippen LogP contribution < -0.4 is 15.8 Å².